The summed E-state index contributed by atoms with van der Waals surface area (Å²) in [5.41, 5.74) is 2.08. The zero-order chi connectivity index (χ0) is 18.0. The van der Waals surface area contributed by atoms with Crippen molar-refractivity contribution in [3.63, 3.8) is 0 Å². The molecule has 0 radical (unpaired) electrons. The third-order valence-corrected chi connectivity index (χ3v) is 4.10. The summed E-state index contributed by atoms with van der Waals surface area (Å²) >= 11 is 0. The summed E-state index contributed by atoms with van der Waals surface area (Å²) in [7, 11) is 0. The Hall–Kier alpha value is -2.95. The fraction of sp³-hybridized carbons (Fsp3) is 0.150. The minimum atomic E-state index is -0.743. The van der Waals surface area contributed by atoms with Gasteiger partial charge in [0.05, 0.1) is 0 Å². The van der Waals surface area contributed by atoms with Crippen LogP contribution in [-0.4, -0.2) is 16.0 Å². The quantitative estimate of drug-likeness (QED) is 0.785. The molecule has 1 aliphatic rings. The summed E-state index contributed by atoms with van der Waals surface area (Å²) in [5, 5.41) is 18.5. The number of carbonyl (C=O) groups excluding carboxylic acids is 1. The molecule has 1 fully saturated rings. The molecule has 2 aromatic rings. The van der Waals surface area contributed by atoms with Crippen molar-refractivity contribution in [3.05, 3.63) is 70.3 Å². The number of ketones is 1. The molecule has 5 heteroatoms. The molecule has 2 N–H and O–H groups in total. The van der Waals surface area contributed by atoms with Crippen LogP contribution in [0.1, 0.15) is 30.4 Å². The molecule has 1 aliphatic carbocycles. The lowest BCUT2D eigenvalue weighted by atomic mass is 9.87. The van der Waals surface area contributed by atoms with Crippen LogP contribution in [0, 0.1) is 11.6 Å². The molecule has 1 saturated carbocycles. The second-order valence-corrected chi connectivity index (χ2v) is 5.94. The van der Waals surface area contributed by atoms with Crippen molar-refractivity contribution >= 4 is 17.9 Å². The van der Waals surface area contributed by atoms with Gasteiger partial charge >= 0.3 is 0 Å². The predicted molar refractivity (Wildman–Crippen MR) is 90.9 cm³/mol. The highest BCUT2D eigenvalue weighted by atomic mass is 19.1. The van der Waals surface area contributed by atoms with Crippen LogP contribution in [0.4, 0.5) is 8.78 Å². The van der Waals surface area contributed by atoms with Crippen LogP contribution in [0.25, 0.3) is 12.2 Å². The topological polar surface area (TPSA) is 57.5 Å². The fourth-order valence-electron chi connectivity index (χ4n) is 2.81. The number of aromatic hydroxyl groups is 2. The van der Waals surface area contributed by atoms with Gasteiger partial charge in [0.15, 0.2) is 28.9 Å². The predicted octanol–water partition coefficient (Wildman–Crippen LogP) is 4.60. The SMILES string of the molecule is O=C1/C(=C\c2ccc(O)c(F)c2)CCC/C1=C/c1ccc(O)c(F)c1. The molecule has 0 unspecified atom stereocenters. The molecule has 2 aromatic carbocycles. The molecule has 25 heavy (non-hydrogen) atoms. The molecule has 0 spiro atoms. The lowest BCUT2D eigenvalue weighted by Crippen LogP contribution is -2.12. The maximum absolute atomic E-state index is 13.4. The molecule has 0 heterocycles. The van der Waals surface area contributed by atoms with Crippen molar-refractivity contribution in [1.29, 1.82) is 0 Å². The first-order valence-corrected chi connectivity index (χ1v) is 7.87. The van der Waals surface area contributed by atoms with Crippen LogP contribution in [0.5, 0.6) is 11.5 Å². The van der Waals surface area contributed by atoms with Gasteiger partial charge in [-0.05, 0) is 66.8 Å². The first-order chi connectivity index (χ1) is 11.9. The number of phenols is 2. The average molecular weight is 342 g/mol. The largest absolute Gasteiger partial charge is 0.505 e. The Bertz CT molecular complexity index is 826. The summed E-state index contributed by atoms with van der Waals surface area (Å²) in [6, 6.07) is 7.89. The van der Waals surface area contributed by atoms with Gasteiger partial charge in [0.1, 0.15) is 0 Å². The highest BCUT2D eigenvalue weighted by Crippen LogP contribution is 2.29. The summed E-state index contributed by atoms with van der Waals surface area (Å²) in [4.78, 5) is 12.6. The van der Waals surface area contributed by atoms with Crippen molar-refractivity contribution in [2.24, 2.45) is 0 Å². The van der Waals surface area contributed by atoms with Gasteiger partial charge < -0.3 is 10.2 Å². The minimum Gasteiger partial charge on any atom is -0.505 e. The van der Waals surface area contributed by atoms with E-state index in [2.05, 4.69) is 0 Å². The molecular formula is C20H16F2O3. The number of hydrogen-bond acceptors (Lipinski definition) is 3. The number of allylic oxidation sites excluding steroid dienone is 2. The zero-order valence-electron chi connectivity index (χ0n) is 13.3. The highest BCUT2D eigenvalue weighted by molar-refractivity contribution is 6.13. The number of carbonyl (C=O) groups is 1. The Morgan fingerprint density at radius 1 is 0.800 bits per heavy atom. The summed E-state index contributed by atoms with van der Waals surface area (Å²) in [5.74, 6) is -2.52. The van der Waals surface area contributed by atoms with E-state index in [9.17, 15) is 23.8 Å². The summed E-state index contributed by atoms with van der Waals surface area (Å²) < 4.78 is 26.9. The van der Waals surface area contributed by atoms with Crippen LogP contribution < -0.4 is 0 Å². The smallest absolute Gasteiger partial charge is 0.185 e. The van der Waals surface area contributed by atoms with E-state index in [0.717, 1.165) is 6.42 Å². The molecule has 3 rings (SSSR count). The molecular weight excluding hydrogens is 326 g/mol. The van der Waals surface area contributed by atoms with Gasteiger partial charge in [-0.15, -0.1) is 0 Å². The van der Waals surface area contributed by atoms with Gasteiger partial charge in [-0.1, -0.05) is 12.1 Å². The molecule has 3 nitrogen and oxygen atoms in total. The van der Waals surface area contributed by atoms with Gasteiger partial charge in [0.2, 0.25) is 0 Å². The standard InChI is InChI=1S/C20H16F2O3/c21-16-10-12(4-6-18(16)23)8-14-2-1-3-15(20(14)25)9-13-5-7-19(24)17(22)11-13/h4-11,23-24H,1-3H2/b14-8-,15-9-. The van der Waals surface area contributed by atoms with Crippen molar-refractivity contribution in [2.75, 3.05) is 0 Å². The van der Waals surface area contributed by atoms with Crippen molar-refractivity contribution in [1.82, 2.24) is 0 Å². The van der Waals surface area contributed by atoms with Crippen LogP contribution in [0.2, 0.25) is 0 Å². The first kappa shape index (κ1) is 16.9. The Balaban J connectivity index is 1.89. The van der Waals surface area contributed by atoms with Gasteiger partial charge in [-0.2, -0.15) is 0 Å². The lowest BCUT2D eigenvalue weighted by molar-refractivity contribution is -0.112. The van der Waals surface area contributed by atoms with Gasteiger partial charge in [-0.25, -0.2) is 8.78 Å². The maximum Gasteiger partial charge on any atom is 0.185 e. The Labute approximate surface area is 143 Å². The maximum atomic E-state index is 13.4. The Morgan fingerprint density at radius 2 is 1.24 bits per heavy atom. The van der Waals surface area contributed by atoms with Gasteiger partial charge in [0, 0.05) is 11.1 Å². The molecule has 128 valence electrons. The fourth-order valence-corrected chi connectivity index (χ4v) is 2.81. The molecule has 0 saturated heterocycles. The van der Waals surface area contributed by atoms with Gasteiger partial charge in [-0.3, -0.25) is 4.79 Å². The molecule has 0 aromatic heterocycles. The van der Waals surface area contributed by atoms with E-state index in [-0.39, 0.29) is 5.78 Å². The van der Waals surface area contributed by atoms with Crippen molar-refractivity contribution < 1.29 is 23.8 Å². The monoisotopic (exact) mass is 342 g/mol. The van der Waals surface area contributed by atoms with E-state index in [1.54, 1.807) is 12.2 Å². The Kier molecular flexibility index (Phi) is 4.65. The molecule has 0 amide bonds. The third kappa shape index (κ3) is 3.76. The van der Waals surface area contributed by atoms with E-state index >= 15 is 0 Å². The van der Waals surface area contributed by atoms with Crippen molar-refractivity contribution in [2.45, 2.75) is 19.3 Å². The first-order valence-electron chi connectivity index (χ1n) is 7.87. The highest BCUT2D eigenvalue weighted by Gasteiger charge is 2.20. The van der Waals surface area contributed by atoms with E-state index in [1.165, 1.54) is 36.4 Å². The summed E-state index contributed by atoms with van der Waals surface area (Å²) in [6.07, 6.45) is 5.11. The molecule has 0 bridgehead atoms. The lowest BCUT2D eigenvalue weighted by Gasteiger charge is -2.16. The van der Waals surface area contributed by atoms with Crippen LogP contribution in [-0.2, 0) is 4.79 Å². The third-order valence-electron chi connectivity index (χ3n) is 4.10. The van der Waals surface area contributed by atoms with E-state index in [0.29, 0.717) is 35.1 Å². The number of rotatable bonds is 2. The Morgan fingerprint density at radius 3 is 1.64 bits per heavy atom. The number of Topliss-reactive ketones (excluding diaryl/α,β-unsaturated/α-hetero) is 1. The number of benzene rings is 2. The molecule has 0 aliphatic heterocycles. The number of halogens is 2. The van der Waals surface area contributed by atoms with Gasteiger partial charge in [0.25, 0.3) is 0 Å². The van der Waals surface area contributed by atoms with E-state index < -0.39 is 23.1 Å². The zero-order valence-corrected chi connectivity index (χ0v) is 13.3. The normalized spacial score (nSPS) is 18.1. The number of phenolic OH excluding ortho intramolecular Hbond substituents is 2. The number of hydrogen-bond donors (Lipinski definition) is 2. The second kappa shape index (κ2) is 6.89. The van der Waals surface area contributed by atoms with Crippen LogP contribution in [0.3, 0.4) is 0 Å². The molecule has 0 atom stereocenters. The summed E-state index contributed by atoms with van der Waals surface area (Å²) in [6.45, 7) is 0. The van der Waals surface area contributed by atoms with E-state index in [1.807, 2.05) is 0 Å². The second-order valence-electron chi connectivity index (χ2n) is 5.94. The average Bonchev–Trinajstić information content (AvgIpc) is 2.58. The van der Waals surface area contributed by atoms with Crippen LogP contribution >= 0.6 is 0 Å². The van der Waals surface area contributed by atoms with Crippen molar-refractivity contribution in [3.8, 4) is 11.5 Å². The van der Waals surface area contributed by atoms with E-state index in [4.69, 9.17) is 0 Å². The minimum absolute atomic E-state index is 0.159. The van der Waals surface area contributed by atoms with Crippen LogP contribution in [0.15, 0.2) is 47.5 Å².